The molecule has 3 aromatic carbocycles. The van der Waals surface area contributed by atoms with Crippen LogP contribution in [-0.2, 0) is 5.54 Å². The molecule has 0 fully saturated rings. The van der Waals surface area contributed by atoms with Gasteiger partial charge in [0, 0.05) is 56.6 Å². The molecule has 1 aliphatic rings. The predicted molar refractivity (Wildman–Crippen MR) is 121 cm³/mol. The molecule has 0 radical (unpaired) electrons. The lowest BCUT2D eigenvalue weighted by molar-refractivity contribution is 0.0942. The number of ketones is 1. The fourth-order valence-corrected chi connectivity index (χ4v) is 4.78. The number of carbonyl (C=O) groups is 1. The van der Waals surface area contributed by atoms with E-state index in [0.717, 1.165) is 38.6 Å². The Bertz CT molecular complexity index is 1570. The van der Waals surface area contributed by atoms with Gasteiger partial charge in [-0.25, -0.2) is 0 Å². The van der Waals surface area contributed by atoms with Crippen LogP contribution in [0.3, 0.4) is 0 Å². The number of benzene rings is 3. The van der Waals surface area contributed by atoms with E-state index in [1.165, 1.54) is 0 Å². The molecular weight excluding hydrogens is 398 g/mol. The number of nitrogens with one attached hydrogen (secondary N) is 3. The normalized spacial score (nSPS) is 14.1. The van der Waals surface area contributed by atoms with Crippen molar-refractivity contribution in [3.8, 4) is 12.1 Å². The average molecular weight is 413 g/mol. The van der Waals surface area contributed by atoms with Crippen molar-refractivity contribution in [2.45, 2.75) is 5.54 Å². The number of fused-ring (bicyclic) bond motifs is 3. The lowest BCUT2D eigenvalue weighted by Gasteiger charge is -2.29. The van der Waals surface area contributed by atoms with Crippen LogP contribution in [0.1, 0.15) is 32.6 Å². The van der Waals surface area contributed by atoms with Gasteiger partial charge in [0.25, 0.3) is 0 Å². The third-order valence-electron chi connectivity index (χ3n) is 6.26. The zero-order valence-corrected chi connectivity index (χ0v) is 16.7. The molecule has 1 aliphatic heterocycles. The summed E-state index contributed by atoms with van der Waals surface area (Å²) in [6.07, 6.45) is 3.66. The molecule has 0 amide bonds. The van der Waals surface area contributed by atoms with Gasteiger partial charge >= 0.3 is 0 Å². The van der Waals surface area contributed by atoms with E-state index >= 15 is 0 Å². The summed E-state index contributed by atoms with van der Waals surface area (Å²) in [7, 11) is 0. The summed E-state index contributed by atoms with van der Waals surface area (Å²) in [6, 6.07) is 22.6. The molecule has 0 saturated carbocycles. The van der Waals surface area contributed by atoms with Gasteiger partial charge in [-0.3, -0.25) is 4.79 Å². The summed E-state index contributed by atoms with van der Waals surface area (Å²) < 4.78 is 0. The highest BCUT2D eigenvalue weighted by atomic mass is 16.1. The first-order chi connectivity index (χ1) is 15.7. The minimum Gasteiger partial charge on any atom is -0.365 e. The van der Waals surface area contributed by atoms with Crippen LogP contribution < -0.4 is 5.32 Å². The molecule has 0 atom stereocenters. The zero-order valence-electron chi connectivity index (χ0n) is 16.7. The molecule has 3 heterocycles. The standard InChI is InChI=1S/C26H15N5O/c27-11-15-5-7-22-18(9-15)20(13-29-22)26(25(32)17-3-1-2-4-24(17)31-26)21-14-30-23-8-6-16(12-28)10-19(21)23/h1-10,13-14,29-31H. The number of hydrogen-bond acceptors (Lipinski definition) is 4. The summed E-state index contributed by atoms with van der Waals surface area (Å²) in [5, 5.41) is 24.0. The first-order valence-corrected chi connectivity index (χ1v) is 10.1. The molecule has 0 unspecified atom stereocenters. The van der Waals surface area contributed by atoms with Gasteiger partial charge in [-0.15, -0.1) is 0 Å². The molecule has 6 rings (SSSR count). The number of nitrogens with zero attached hydrogens (tertiary/aromatic N) is 2. The molecule has 3 N–H and O–H groups in total. The topological polar surface area (TPSA) is 108 Å². The van der Waals surface area contributed by atoms with Crippen LogP contribution in [0, 0.1) is 22.7 Å². The quantitative estimate of drug-likeness (QED) is 0.381. The van der Waals surface area contributed by atoms with E-state index in [4.69, 9.17) is 0 Å². The molecule has 150 valence electrons. The fourth-order valence-electron chi connectivity index (χ4n) is 4.78. The first kappa shape index (κ1) is 18.0. The summed E-state index contributed by atoms with van der Waals surface area (Å²) >= 11 is 0. The van der Waals surface area contributed by atoms with Crippen LogP contribution in [0.4, 0.5) is 5.69 Å². The van der Waals surface area contributed by atoms with E-state index in [2.05, 4.69) is 27.4 Å². The largest absolute Gasteiger partial charge is 0.365 e. The van der Waals surface area contributed by atoms with E-state index in [0.29, 0.717) is 16.7 Å². The highest BCUT2D eigenvalue weighted by molar-refractivity contribution is 6.18. The molecule has 32 heavy (non-hydrogen) atoms. The Morgan fingerprint density at radius 3 is 1.84 bits per heavy atom. The van der Waals surface area contributed by atoms with Gasteiger partial charge in [-0.2, -0.15) is 10.5 Å². The Morgan fingerprint density at radius 2 is 1.31 bits per heavy atom. The Kier molecular flexibility index (Phi) is 3.57. The number of aromatic nitrogens is 2. The minimum atomic E-state index is -1.22. The molecule has 2 aromatic heterocycles. The molecule has 5 aromatic rings. The maximum absolute atomic E-state index is 14.1. The maximum atomic E-state index is 14.1. The van der Waals surface area contributed by atoms with Crippen molar-refractivity contribution in [3.63, 3.8) is 0 Å². The van der Waals surface area contributed by atoms with Gasteiger partial charge in [0.1, 0.15) is 0 Å². The number of anilines is 1. The highest BCUT2D eigenvalue weighted by Gasteiger charge is 2.50. The molecule has 0 aliphatic carbocycles. The first-order valence-electron chi connectivity index (χ1n) is 10.1. The maximum Gasteiger partial charge on any atom is 0.199 e. The van der Waals surface area contributed by atoms with Gasteiger partial charge in [-0.1, -0.05) is 12.1 Å². The van der Waals surface area contributed by atoms with Gasteiger partial charge in [0.05, 0.1) is 23.3 Å². The van der Waals surface area contributed by atoms with Crippen LogP contribution in [0.2, 0.25) is 0 Å². The number of nitriles is 2. The Morgan fingerprint density at radius 1 is 0.750 bits per heavy atom. The molecule has 6 heteroatoms. The second-order valence-electron chi connectivity index (χ2n) is 7.90. The van der Waals surface area contributed by atoms with Crippen LogP contribution in [0.25, 0.3) is 21.8 Å². The van der Waals surface area contributed by atoms with Crippen LogP contribution in [0.15, 0.2) is 73.1 Å². The number of hydrogen-bond donors (Lipinski definition) is 3. The highest BCUT2D eigenvalue weighted by Crippen LogP contribution is 2.48. The van der Waals surface area contributed by atoms with Crippen LogP contribution in [0.5, 0.6) is 0 Å². The van der Waals surface area contributed by atoms with Crippen molar-refractivity contribution >= 4 is 33.3 Å². The Balaban J connectivity index is 1.73. The van der Waals surface area contributed by atoms with Gasteiger partial charge in [0.15, 0.2) is 11.3 Å². The second kappa shape index (κ2) is 6.34. The van der Waals surface area contributed by atoms with Gasteiger partial charge in [-0.05, 0) is 48.5 Å². The number of aromatic amines is 2. The number of rotatable bonds is 2. The van der Waals surface area contributed by atoms with Gasteiger partial charge in [0.2, 0.25) is 0 Å². The Labute approximate surface area is 182 Å². The van der Waals surface area contributed by atoms with Crippen molar-refractivity contribution in [2.75, 3.05) is 5.32 Å². The average Bonchev–Trinajstić information content (AvgIpc) is 3.53. The number of H-pyrrole nitrogens is 2. The summed E-state index contributed by atoms with van der Waals surface area (Å²) in [4.78, 5) is 20.6. The van der Waals surface area contributed by atoms with Crippen molar-refractivity contribution in [3.05, 3.63) is 101 Å². The third kappa shape index (κ3) is 2.24. The lowest BCUT2D eigenvalue weighted by Crippen LogP contribution is -2.39. The van der Waals surface area contributed by atoms with E-state index in [9.17, 15) is 15.3 Å². The van der Waals surface area contributed by atoms with E-state index < -0.39 is 5.54 Å². The number of para-hydroxylation sites is 1. The van der Waals surface area contributed by atoms with Crippen molar-refractivity contribution in [1.29, 1.82) is 10.5 Å². The van der Waals surface area contributed by atoms with Crippen LogP contribution >= 0.6 is 0 Å². The van der Waals surface area contributed by atoms with Crippen molar-refractivity contribution in [1.82, 2.24) is 9.97 Å². The van der Waals surface area contributed by atoms with Crippen molar-refractivity contribution < 1.29 is 4.79 Å². The van der Waals surface area contributed by atoms with Crippen LogP contribution in [-0.4, -0.2) is 15.8 Å². The molecule has 0 saturated heterocycles. The Hall–Kier alpha value is -4.81. The zero-order chi connectivity index (χ0) is 21.9. The van der Waals surface area contributed by atoms with E-state index in [-0.39, 0.29) is 5.78 Å². The predicted octanol–water partition coefficient (Wildman–Crippen LogP) is 4.94. The number of carbonyl (C=O) groups excluding carboxylic acids is 1. The molecular formula is C26H15N5O. The molecule has 6 nitrogen and oxygen atoms in total. The minimum absolute atomic E-state index is 0.0837. The summed E-state index contributed by atoms with van der Waals surface area (Å²) in [5.41, 5.74) is 4.29. The summed E-state index contributed by atoms with van der Waals surface area (Å²) in [6.45, 7) is 0. The van der Waals surface area contributed by atoms with Crippen molar-refractivity contribution in [2.24, 2.45) is 0 Å². The number of Topliss-reactive ketones (excluding diaryl/α,β-unsaturated/α-hetero) is 1. The lowest BCUT2D eigenvalue weighted by atomic mass is 9.79. The van der Waals surface area contributed by atoms with E-state index in [1.54, 1.807) is 24.3 Å². The molecule has 0 spiro atoms. The molecule has 0 bridgehead atoms. The van der Waals surface area contributed by atoms with Gasteiger partial charge < -0.3 is 15.3 Å². The SMILES string of the molecule is N#Cc1ccc2[nH]cc(C3(c4c[nH]c5ccc(C#N)cc45)Nc4ccccc4C3=O)c2c1. The monoisotopic (exact) mass is 413 g/mol. The fraction of sp³-hybridized carbons (Fsp3) is 0.0385. The van der Waals surface area contributed by atoms with E-state index in [1.807, 2.05) is 48.8 Å². The third-order valence-corrected chi connectivity index (χ3v) is 6.26. The summed E-state index contributed by atoms with van der Waals surface area (Å²) in [5.74, 6) is -0.0837. The second-order valence-corrected chi connectivity index (χ2v) is 7.90. The smallest absolute Gasteiger partial charge is 0.199 e.